The Morgan fingerprint density at radius 2 is 1.71 bits per heavy atom. The molecule has 0 spiro atoms. The van der Waals surface area contributed by atoms with E-state index in [2.05, 4.69) is 19.2 Å². The van der Waals surface area contributed by atoms with Crippen molar-refractivity contribution >= 4 is 35.0 Å². The number of benzene rings is 2. The highest BCUT2D eigenvalue weighted by atomic mass is 35.5. The molecule has 0 saturated carbocycles. The minimum atomic E-state index is -0.226. The van der Waals surface area contributed by atoms with Gasteiger partial charge in [0.05, 0.1) is 24.9 Å². The summed E-state index contributed by atoms with van der Waals surface area (Å²) in [7, 11) is 3.05. The minimum Gasteiger partial charge on any atom is -0.495 e. The van der Waals surface area contributed by atoms with Gasteiger partial charge in [-0.05, 0) is 30.3 Å². The average Bonchev–Trinajstić information content (AvgIpc) is 2.55. The highest BCUT2D eigenvalue weighted by molar-refractivity contribution is 7.99. The van der Waals surface area contributed by atoms with E-state index in [1.165, 1.54) is 14.2 Å². The summed E-state index contributed by atoms with van der Waals surface area (Å²) in [6.45, 7) is 4.26. The van der Waals surface area contributed by atoms with Gasteiger partial charge in [-0.3, -0.25) is 4.79 Å². The van der Waals surface area contributed by atoms with Gasteiger partial charge in [0.25, 0.3) is 5.91 Å². The van der Waals surface area contributed by atoms with E-state index in [4.69, 9.17) is 21.1 Å². The first kappa shape index (κ1) is 18.5. The lowest BCUT2D eigenvalue weighted by Gasteiger charge is -2.13. The molecule has 0 aliphatic carbocycles. The molecule has 24 heavy (non-hydrogen) atoms. The maximum absolute atomic E-state index is 12.4. The Hall–Kier alpha value is -1.85. The van der Waals surface area contributed by atoms with Gasteiger partial charge in [0.2, 0.25) is 0 Å². The maximum atomic E-state index is 12.4. The highest BCUT2D eigenvalue weighted by Gasteiger charge is 2.14. The number of hydrogen-bond donors (Lipinski definition) is 1. The second-order valence-electron chi connectivity index (χ2n) is 5.33. The normalized spacial score (nSPS) is 10.6. The lowest BCUT2D eigenvalue weighted by Crippen LogP contribution is -2.12. The fraction of sp³-hybridized carbons (Fsp3) is 0.278. The smallest absolute Gasteiger partial charge is 0.255 e. The first-order valence-electron chi connectivity index (χ1n) is 7.44. The number of nitrogens with one attached hydrogen (secondary N) is 1. The van der Waals surface area contributed by atoms with Crippen LogP contribution in [0.5, 0.6) is 11.5 Å². The van der Waals surface area contributed by atoms with E-state index in [-0.39, 0.29) is 5.91 Å². The van der Waals surface area contributed by atoms with Crippen LogP contribution in [0.2, 0.25) is 5.02 Å². The fourth-order valence-electron chi connectivity index (χ4n) is 2.11. The number of rotatable bonds is 6. The fourth-order valence-corrected chi connectivity index (χ4v) is 3.19. The molecule has 1 N–H and O–H groups in total. The summed E-state index contributed by atoms with van der Waals surface area (Å²) < 4.78 is 10.4. The van der Waals surface area contributed by atoms with E-state index in [1.54, 1.807) is 36.0 Å². The van der Waals surface area contributed by atoms with Crippen molar-refractivity contribution in [3.63, 3.8) is 0 Å². The number of ether oxygens (including phenoxy) is 2. The summed E-state index contributed by atoms with van der Waals surface area (Å²) in [6, 6.07) is 10.7. The van der Waals surface area contributed by atoms with Crippen molar-refractivity contribution < 1.29 is 14.3 Å². The second kappa shape index (κ2) is 8.31. The Morgan fingerprint density at radius 3 is 2.25 bits per heavy atom. The third-order valence-corrected chi connectivity index (χ3v) is 4.52. The largest absolute Gasteiger partial charge is 0.495 e. The molecule has 0 bridgehead atoms. The quantitative estimate of drug-likeness (QED) is 0.722. The van der Waals surface area contributed by atoms with E-state index < -0.39 is 0 Å². The van der Waals surface area contributed by atoms with Crippen molar-refractivity contribution in [3.05, 3.63) is 47.0 Å². The summed E-state index contributed by atoms with van der Waals surface area (Å²) in [5, 5.41) is 3.72. The van der Waals surface area contributed by atoms with Crippen molar-refractivity contribution in [1.29, 1.82) is 0 Å². The summed E-state index contributed by atoms with van der Waals surface area (Å²) >= 11 is 7.87. The Morgan fingerprint density at radius 1 is 1.08 bits per heavy atom. The van der Waals surface area contributed by atoms with Gasteiger partial charge in [0, 0.05) is 21.8 Å². The molecule has 0 unspecified atom stereocenters. The molecule has 128 valence electrons. The highest BCUT2D eigenvalue weighted by Crippen LogP contribution is 2.36. The number of amides is 1. The lowest BCUT2D eigenvalue weighted by atomic mass is 10.2. The molecule has 2 aromatic carbocycles. The first-order chi connectivity index (χ1) is 11.4. The van der Waals surface area contributed by atoms with E-state index >= 15 is 0 Å². The number of methoxy groups -OCH3 is 2. The molecule has 2 rings (SSSR count). The molecular weight excluding hydrogens is 346 g/mol. The molecule has 4 nitrogen and oxygen atoms in total. The molecular formula is C18H20ClNO3S. The van der Waals surface area contributed by atoms with Gasteiger partial charge in [0.1, 0.15) is 11.5 Å². The predicted molar refractivity (Wildman–Crippen MR) is 99.9 cm³/mol. The molecule has 0 aliphatic rings. The first-order valence-corrected chi connectivity index (χ1v) is 8.70. The van der Waals surface area contributed by atoms with Crippen LogP contribution in [-0.4, -0.2) is 25.4 Å². The lowest BCUT2D eigenvalue weighted by molar-refractivity contribution is 0.102. The number of halogens is 1. The van der Waals surface area contributed by atoms with E-state index in [0.717, 1.165) is 4.90 Å². The molecule has 1 amide bonds. The Labute approximate surface area is 151 Å². The van der Waals surface area contributed by atoms with E-state index in [1.807, 2.05) is 12.1 Å². The average molecular weight is 366 g/mol. The van der Waals surface area contributed by atoms with Crippen LogP contribution in [0.4, 0.5) is 5.69 Å². The van der Waals surface area contributed by atoms with Crippen molar-refractivity contribution in [1.82, 2.24) is 0 Å². The predicted octanol–water partition coefficient (Wildman–Crippen LogP) is 5.11. The van der Waals surface area contributed by atoms with Crippen molar-refractivity contribution in [2.45, 2.75) is 24.0 Å². The molecule has 0 atom stereocenters. The van der Waals surface area contributed by atoms with Gasteiger partial charge < -0.3 is 14.8 Å². The third-order valence-electron chi connectivity index (χ3n) is 3.21. The van der Waals surface area contributed by atoms with Crippen molar-refractivity contribution in [2.24, 2.45) is 0 Å². The molecule has 0 fully saturated rings. The summed E-state index contributed by atoms with van der Waals surface area (Å²) in [5.41, 5.74) is 1.06. The number of hydrogen-bond acceptors (Lipinski definition) is 4. The zero-order valence-electron chi connectivity index (χ0n) is 14.1. The standard InChI is InChI=1S/C18H20ClNO3S/c1-11(2)24-13-7-5-12(6-8-13)18(21)20-15-9-14(19)16(22-3)10-17(15)23-4/h5-11H,1-4H3,(H,20,21). The molecule has 0 heterocycles. The van der Waals surface area contributed by atoms with Crippen molar-refractivity contribution in [2.75, 3.05) is 19.5 Å². The van der Waals surface area contributed by atoms with Gasteiger partial charge in [0.15, 0.2) is 0 Å². The monoisotopic (exact) mass is 365 g/mol. The Bertz CT molecular complexity index is 717. The molecule has 6 heteroatoms. The Balaban J connectivity index is 2.18. The van der Waals surface area contributed by atoms with Crippen LogP contribution < -0.4 is 14.8 Å². The molecule has 0 aliphatic heterocycles. The van der Waals surface area contributed by atoms with Gasteiger partial charge in [-0.25, -0.2) is 0 Å². The zero-order chi connectivity index (χ0) is 17.7. The zero-order valence-corrected chi connectivity index (χ0v) is 15.6. The van der Waals surface area contributed by atoms with E-state index in [0.29, 0.717) is 33.0 Å². The summed E-state index contributed by atoms with van der Waals surface area (Å²) in [6.07, 6.45) is 0. The summed E-state index contributed by atoms with van der Waals surface area (Å²) in [5.74, 6) is 0.744. The number of carbonyl (C=O) groups excluding carboxylic acids is 1. The third kappa shape index (κ3) is 4.58. The van der Waals surface area contributed by atoms with Gasteiger partial charge in [-0.2, -0.15) is 0 Å². The van der Waals surface area contributed by atoms with E-state index in [9.17, 15) is 4.79 Å². The van der Waals surface area contributed by atoms with Crippen LogP contribution in [0.3, 0.4) is 0 Å². The minimum absolute atomic E-state index is 0.226. The number of anilines is 1. The van der Waals surface area contributed by atoms with Crippen LogP contribution >= 0.6 is 23.4 Å². The van der Waals surface area contributed by atoms with Crippen LogP contribution in [0.25, 0.3) is 0 Å². The number of thioether (sulfide) groups is 1. The van der Waals surface area contributed by atoms with Crippen LogP contribution in [0, 0.1) is 0 Å². The topological polar surface area (TPSA) is 47.6 Å². The van der Waals surface area contributed by atoms with Crippen LogP contribution in [0.1, 0.15) is 24.2 Å². The second-order valence-corrected chi connectivity index (χ2v) is 7.39. The molecule has 2 aromatic rings. The molecule has 0 aromatic heterocycles. The van der Waals surface area contributed by atoms with Gasteiger partial charge in [-0.1, -0.05) is 25.4 Å². The number of carbonyl (C=O) groups is 1. The van der Waals surface area contributed by atoms with Crippen LogP contribution in [-0.2, 0) is 0 Å². The maximum Gasteiger partial charge on any atom is 0.255 e. The molecule has 0 radical (unpaired) electrons. The Kier molecular flexibility index (Phi) is 6.40. The SMILES string of the molecule is COc1cc(OC)c(NC(=O)c2ccc(SC(C)C)cc2)cc1Cl. The molecule has 0 saturated heterocycles. The van der Waals surface area contributed by atoms with Gasteiger partial charge >= 0.3 is 0 Å². The van der Waals surface area contributed by atoms with Gasteiger partial charge in [-0.15, -0.1) is 11.8 Å². The van der Waals surface area contributed by atoms with Crippen molar-refractivity contribution in [3.8, 4) is 11.5 Å². The summed E-state index contributed by atoms with van der Waals surface area (Å²) in [4.78, 5) is 13.6. The van der Waals surface area contributed by atoms with Crippen LogP contribution in [0.15, 0.2) is 41.3 Å².